The first-order valence-electron chi connectivity index (χ1n) is 5.87. The van der Waals surface area contributed by atoms with Crippen LogP contribution < -0.4 is 0 Å². The van der Waals surface area contributed by atoms with Gasteiger partial charge in [0.05, 0.1) is 0 Å². The lowest BCUT2D eigenvalue weighted by molar-refractivity contribution is 0.101. The number of Topliss-reactive ketones (excluding diaryl/α,β-unsaturated/α-hetero) is 1. The average molecular weight is 242 g/mol. The van der Waals surface area contributed by atoms with Crippen LogP contribution in [0.25, 0.3) is 11.1 Å². The number of carbonyl (C=O) groups excluding carboxylic acids is 1. The maximum absolute atomic E-state index is 13.9. The molecule has 0 aliphatic rings. The number of hydrogen-bond donors (Lipinski definition) is 0. The molecule has 18 heavy (non-hydrogen) atoms. The van der Waals surface area contributed by atoms with Gasteiger partial charge in [-0.1, -0.05) is 23.8 Å². The summed E-state index contributed by atoms with van der Waals surface area (Å²) in [6.45, 7) is 5.39. The van der Waals surface area contributed by atoms with Crippen LogP contribution >= 0.6 is 0 Å². The summed E-state index contributed by atoms with van der Waals surface area (Å²) in [6, 6.07) is 10.4. The van der Waals surface area contributed by atoms with Crippen molar-refractivity contribution in [1.29, 1.82) is 0 Å². The molecule has 92 valence electrons. The summed E-state index contributed by atoms with van der Waals surface area (Å²) in [4.78, 5) is 11.4. The van der Waals surface area contributed by atoms with Crippen LogP contribution in [0.15, 0.2) is 36.4 Å². The Morgan fingerprint density at radius 1 is 1.00 bits per heavy atom. The first kappa shape index (κ1) is 12.5. The Labute approximate surface area is 106 Å². The van der Waals surface area contributed by atoms with Crippen molar-refractivity contribution in [2.24, 2.45) is 0 Å². The van der Waals surface area contributed by atoms with E-state index in [1.165, 1.54) is 19.1 Å². The number of ketones is 1. The highest BCUT2D eigenvalue weighted by molar-refractivity contribution is 5.95. The molecule has 0 unspecified atom stereocenters. The Kier molecular flexibility index (Phi) is 3.28. The molecule has 2 heteroatoms. The van der Waals surface area contributed by atoms with E-state index in [0.29, 0.717) is 11.1 Å². The summed E-state index contributed by atoms with van der Waals surface area (Å²) in [5, 5.41) is 0. The maximum Gasteiger partial charge on any atom is 0.159 e. The zero-order chi connectivity index (χ0) is 13.3. The van der Waals surface area contributed by atoms with Gasteiger partial charge in [-0.2, -0.15) is 0 Å². The summed E-state index contributed by atoms with van der Waals surface area (Å²) in [6.07, 6.45) is 0. The molecule has 0 saturated carbocycles. The number of halogens is 1. The quantitative estimate of drug-likeness (QED) is 0.717. The molecule has 0 fully saturated rings. The standard InChI is InChI=1S/C16H15FO/c1-10-4-5-11(2)14(8-10)15-9-13(12(3)18)6-7-16(15)17/h4-9H,1-3H3. The van der Waals surface area contributed by atoms with Crippen molar-refractivity contribution in [3.63, 3.8) is 0 Å². The molecule has 1 nitrogen and oxygen atoms in total. The Morgan fingerprint density at radius 3 is 2.39 bits per heavy atom. The third kappa shape index (κ3) is 2.33. The van der Waals surface area contributed by atoms with Gasteiger partial charge in [0.1, 0.15) is 5.82 Å². The van der Waals surface area contributed by atoms with Crippen molar-refractivity contribution in [2.45, 2.75) is 20.8 Å². The van der Waals surface area contributed by atoms with Crippen LogP contribution in [0.1, 0.15) is 28.4 Å². The van der Waals surface area contributed by atoms with Gasteiger partial charge in [0.2, 0.25) is 0 Å². The van der Waals surface area contributed by atoms with E-state index in [2.05, 4.69) is 0 Å². The van der Waals surface area contributed by atoms with E-state index in [-0.39, 0.29) is 11.6 Å². The third-order valence-electron chi connectivity index (χ3n) is 3.06. The summed E-state index contributed by atoms with van der Waals surface area (Å²) in [5.74, 6) is -0.352. The highest BCUT2D eigenvalue weighted by Gasteiger charge is 2.10. The van der Waals surface area contributed by atoms with Gasteiger partial charge in [-0.3, -0.25) is 4.79 Å². The van der Waals surface area contributed by atoms with Gasteiger partial charge in [-0.05, 0) is 50.1 Å². The van der Waals surface area contributed by atoms with Crippen molar-refractivity contribution < 1.29 is 9.18 Å². The SMILES string of the molecule is CC(=O)c1ccc(F)c(-c2cc(C)ccc2C)c1. The minimum Gasteiger partial charge on any atom is -0.295 e. The molecule has 0 aliphatic carbocycles. The van der Waals surface area contributed by atoms with Crippen molar-refractivity contribution >= 4 is 5.78 Å². The molecule has 0 amide bonds. The fraction of sp³-hybridized carbons (Fsp3) is 0.188. The van der Waals surface area contributed by atoms with Gasteiger partial charge < -0.3 is 0 Å². The van der Waals surface area contributed by atoms with Crippen LogP contribution in [0.3, 0.4) is 0 Å². The Morgan fingerprint density at radius 2 is 1.72 bits per heavy atom. The van der Waals surface area contributed by atoms with Gasteiger partial charge >= 0.3 is 0 Å². The molecule has 2 rings (SSSR count). The molecule has 0 atom stereocenters. The molecule has 0 heterocycles. The van der Waals surface area contributed by atoms with E-state index >= 15 is 0 Å². The van der Waals surface area contributed by atoms with Crippen molar-refractivity contribution in [3.05, 3.63) is 58.9 Å². The van der Waals surface area contributed by atoms with Gasteiger partial charge in [-0.15, -0.1) is 0 Å². The second kappa shape index (κ2) is 4.73. The van der Waals surface area contributed by atoms with Crippen LogP contribution in [0.2, 0.25) is 0 Å². The number of aryl methyl sites for hydroxylation is 2. The van der Waals surface area contributed by atoms with Gasteiger partial charge in [0.15, 0.2) is 5.78 Å². The highest BCUT2D eigenvalue weighted by atomic mass is 19.1. The Hall–Kier alpha value is -1.96. The lowest BCUT2D eigenvalue weighted by Gasteiger charge is -2.09. The minimum absolute atomic E-state index is 0.0541. The first-order chi connectivity index (χ1) is 8.49. The third-order valence-corrected chi connectivity index (χ3v) is 3.06. The lowest BCUT2D eigenvalue weighted by atomic mass is 9.96. The molecule has 0 aliphatic heterocycles. The predicted molar refractivity (Wildman–Crippen MR) is 71.3 cm³/mol. The topological polar surface area (TPSA) is 17.1 Å². The second-order valence-electron chi connectivity index (χ2n) is 4.57. The van der Waals surface area contributed by atoms with E-state index in [1.54, 1.807) is 6.07 Å². The van der Waals surface area contributed by atoms with Crippen LogP contribution in [-0.4, -0.2) is 5.78 Å². The van der Waals surface area contributed by atoms with Crippen molar-refractivity contribution in [3.8, 4) is 11.1 Å². The summed E-state index contributed by atoms with van der Waals surface area (Å²) in [7, 11) is 0. The van der Waals surface area contributed by atoms with Crippen LogP contribution in [0, 0.1) is 19.7 Å². The first-order valence-corrected chi connectivity index (χ1v) is 5.87. The molecular weight excluding hydrogens is 227 g/mol. The van der Waals surface area contributed by atoms with Gasteiger partial charge in [0.25, 0.3) is 0 Å². The predicted octanol–water partition coefficient (Wildman–Crippen LogP) is 4.31. The van der Waals surface area contributed by atoms with E-state index < -0.39 is 0 Å². The fourth-order valence-electron chi connectivity index (χ4n) is 1.98. The Bertz CT molecular complexity index is 614. The number of carbonyl (C=O) groups is 1. The monoisotopic (exact) mass is 242 g/mol. The summed E-state index contributed by atoms with van der Waals surface area (Å²) in [5.41, 5.74) is 3.94. The van der Waals surface area contributed by atoms with Gasteiger partial charge in [0, 0.05) is 11.1 Å². The molecular formula is C16H15FO. The van der Waals surface area contributed by atoms with Crippen molar-refractivity contribution in [2.75, 3.05) is 0 Å². The van der Waals surface area contributed by atoms with Crippen LogP contribution in [-0.2, 0) is 0 Å². The second-order valence-corrected chi connectivity index (χ2v) is 4.57. The number of rotatable bonds is 2. The maximum atomic E-state index is 13.9. The van der Waals surface area contributed by atoms with E-state index in [4.69, 9.17) is 0 Å². The molecule has 0 spiro atoms. The lowest BCUT2D eigenvalue weighted by Crippen LogP contribution is -1.96. The highest BCUT2D eigenvalue weighted by Crippen LogP contribution is 2.28. The largest absolute Gasteiger partial charge is 0.295 e. The van der Waals surface area contributed by atoms with Gasteiger partial charge in [-0.25, -0.2) is 4.39 Å². The minimum atomic E-state index is -0.297. The smallest absolute Gasteiger partial charge is 0.159 e. The van der Waals surface area contributed by atoms with E-state index in [1.807, 2.05) is 32.0 Å². The summed E-state index contributed by atoms with van der Waals surface area (Å²) >= 11 is 0. The average Bonchev–Trinajstić information content (AvgIpc) is 2.33. The molecule has 0 bridgehead atoms. The Balaban J connectivity index is 2.66. The number of hydrogen-bond acceptors (Lipinski definition) is 1. The normalized spacial score (nSPS) is 10.4. The fourth-order valence-corrected chi connectivity index (χ4v) is 1.98. The molecule has 2 aromatic carbocycles. The molecule has 0 radical (unpaired) electrons. The molecule has 0 aromatic heterocycles. The van der Waals surface area contributed by atoms with Crippen LogP contribution in [0.4, 0.5) is 4.39 Å². The zero-order valence-electron chi connectivity index (χ0n) is 10.8. The molecule has 0 N–H and O–H groups in total. The summed E-state index contributed by atoms with van der Waals surface area (Å²) < 4.78 is 13.9. The molecule has 2 aromatic rings. The zero-order valence-corrected chi connectivity index (χ0v) is 10.8. The van der Waals surface area contributed by atoms with E-state index in [9.17, 15) is 9.18 Å². The van der Waals surface area contributed by atoms with E-state index in [0.717, 1.165) is 16.7 Å². The van der Waals surface area contributed by atoms with Crippen LogP contribution in [0.5, 0.6) is 0 Å². The van der Waals surface area contributed by atoms with Crippen molar-refractivity contribution in [1.82, 2.24) is 0 Å². The number of benzene rings is 2. The molecule has 0 saturated heterocycles.